The lowest BCUT2D eigenvalue weighted by atomic mass is 9.89. The van der Waals surface area contributed by atoms with Crippen LogP contribution in [0.3, 0.4) is 0 Å². The molecule has 1 aliphatic rings. The van der Waals surface area contributed by atoms with Gasteiger partial charge in [-0.1, -0.05) is 30.3 Å². The standard InChI is InChI=1S/C17H19N5O/c1-11-15-16(18)19-10-20-17(15)22(21-11)13-7-14(8-13)23-9-12-5-3-2-4-6-12/h2-6,10,13-14H,7-9H2,1H3,(H2,18,19,20). The molecule has 0 bridgehead atoms. The summed E-state index contributed by atoms with van der Waals surface area (Å²) in [7, 11) is 0. The van der Waals surface area contributed by atoms with Crippen LogP contribution < -0.4 is 5.73 Å². The lowest BCUT2D eigenvalue weighted by molar-refractivity contribution is -0.0375. The van der Waals surface area contributed by atoms with Crippen LogP contribution in [0.1, 0.15) is 30.1 Å². The van der Waals surface area contributed by atoms with Gasteiger partial charge in [0.25, 0.3) is 0 Å². The van der Waals surface area contributed by atoms with E-state index in [4.69, 9.17) is 10.5 Å². The SMILES string of the molecule is Cc1nn(C2CC(OCc3ccccc3)C2)c2ncnc(N)c12. The molecule has 0 atom stereocenters. The average Bonchev–Trinajstić information content (AvgIpc) is 2.85. The Morgan fingerprint density at radius 3 is 2.78 bits per heavy atom. The van der Waals surface area contributed by atoms with E-state index in [9.17, 15) is 0 Å². The Morgan fingerprint density at radius 2 is 2.00 bits per heavy atom. The first-order valence-corrected chi connectivity index (χ1v) is 7.83. The van der Waals surface area contributed by atoms with Gasteiger partial charge in [-0.2, -0.15) is 5.10 Å². The van der Waals surface area contributed by atoms with E-state index in [1.54, 1.807) is 0 Å². The summed E-state index contributed by atoms with van der Waals surface area (Å²) in [5.41, 5.74) is 8.85. The highest BCUT2D eigenvalue weighted by Crippen LogP contribution is 2.37. The zero-order valence-corrected chi connectivity index (χ0v) is 13.0. The highest BCUT2D eigenvalue weighted by Gasteiger charge is 2.33. The van der Waals surface area contributed by atoms with Crippen molar-refractivity contribution in [1.29, 1.82) is 0 Å². The Kier molecular flexibility index (Phi) is 3.46. The Bertz CT molecular complexity index is 824. The maximum Gasteiger partial charge on any atom is 0.163 e. The summed E-state index contributed by atoms with van der Waals surface area (Å²) in [5, 5.41) is 5.47. The topological polar surface area (TPSA) is 78.8 Å². The molecule has 2 heterocycles. The lowest BCUT2D eigenvalue weighted by Gasteiger charge is -2.35. The van der Waals surface area contributed by atoms with E-state index in [2.05, 4.69) is 27.2 Å². The van der Waals surface area contributed by atoms with Crippen LogP contribution in [0.5, 0.6) is 0 Å². The predicted molar refractivity (Wildman–Crippen MR) is 87.8 cm³/mol. The molecule has 0 radical (unpaired) electrons. The van der Waals surface area contributed by atoms with Crippen LogP contribution in [0.4, 0.5) is 5.82 Å². The van der Waals surface area contributed by atoms with E-state index in [1.807, 2.05) is 29.8 Å². The van der Waals surface area contributed by atoms with Crippen molar-refractivity contribution in [1.82, 2.24) is 19.7 Å². The van der Waals surface area contributed by atoms with E-state index in [-0.39, 0.29) is 6.10 Å². The van der Waals surface area contributed by atoms with Gasteiger partial charge in [0.2, 0.25) is 0 Å². The summed E-state index contributed by atoms with van der Waals surface area (Å²) in [4.78, 5) is 8.40. The fourth-order valence-electron chi connectivity index (χ4n) is 3.09. The number of rotatable bonds is 4. The summed E-state index contributed by atoms with van der Waals surface area (Å²) < 4.78 is 7.94. The first-order valence-electron chi connectivity index (χ1n) is 7.83. The van der Waals surface area contributed by atoms with Crippen molar-refractivity contribution in [2.75, 3.05) is 5.73 Å². The van der Waals surface area contributed by atoms with Gasteiger partial charge in [0.15, 0.2) is 5.65 Å². The highest BCUT2D eigenvalue weighted by molar-refractivity contribution is 5.87. The van der Waals surface area contributed by atoms with Gasteiger partial charge >= 0.3 is 0 Å². The van der Waals surface area contributed by atoms with Crippen LogP contribution in [0.25, 0.3) is 11.0 Å². The number of aromatic nitrogens is 4. The monoisotopic (exact) mass is 309 g/mol. The average molecular weight is 309 g/mol. The molecule has 4 rings (SSSR count). The summed E-state index contributed by atoms with van der Waals surface area (Å²) in [6, 6.07) is 10.6. The minimum absolute atomic E-state index is 0.277. The maximum absolute atomic E-state index is 5.96. The quantitative estimate of drug-likeness (QED) is 0.801. The van der Waals surface area contributed by atoms with Gasteiger partial charge < -0.3 is 10.5 Å². The molecule has 1 fully saturated rings. The van der Waals surface area contributed by atoms with E-state index in [0.717, 1.165) is 29.6 Å². The van der Waals surface area contributed by atoms with Crippen molar-refractivity contribution < 1.29 is 4.74 Å². The fourth-order valence-corrected chi connectivity index (χ4v) is 3.09. The molecule has 0 aliphatic heterocycles. The number of hydrogen-bond acceptors (Lipinski definition) is 5. The third-order valence-electron chi connectivity index (χ3n) is 4.44. The number of fused-ring (bicyclic) bond motifs is 1. The van der Waals surface area contributed by atoms with Gasteiger partial charge in [0.1, 0.15) is 12.1 Å². The van der Waals surface area contributed by atoms with E-state index < -0.39 is 0 Å². The number of nitrogens with zero attached hydrogens (tertiary/aromatic N) is 4. The molecule has 23 heavy (non-hydrogen) atoms. The third kappa shape index (κ3) is 2.55. The molecule has 0 spiro atoms. The second kappa shape index (κ2) is 5.62. The van der Waals surface area contributed by atoms with Crippen LogP contribution in [-0.2, 0) is 11.3 Å². The number of nitrogen functional groups attached to an aromatic ring is 1. The molecule has 1 aromatic carbocycles. The third-order valence-corrected chi connectivity index (χ3v) is 4.44. The van der Waals surface area contributed by atoms with Crippen molar-refractivity contribution >= 4 is 16.9 Å². The van der Waals surface area contributed by atoms with Crippen LogP contribution in [-0.4, -0.2) is 25.9 Å². The Labute approximate surface area is 134 Å². The molecule has 6 heteroatoms. The van der Waals surface area contributed by atoms with Crippen molar-refractivity contribution in [2.45, 2.75) is 38.5 Å². The minimum Gasteiger partial charge on any atom is -0.383 e. The van der Waals surface area contributed by atoms with Gasteiger partial charge in [-0.05, 0) is 25.3 Å². The first kappa shape index (κ1) is 14.1. The summed E-state index contributed by atoms with van der Waals surface area (Å²) in [5.74, 6) is 0.495. The van der Waals surface area contributed by atoms with Crippen molar-refractivity contribution in [3.05, 3.63) is 47.9 Å². The molecule has 1 aliphatic carbocycles. The highest BCUT2D eigenvalue weighted by atomic mass is 16.5. The molecule has 2 aromatic heterocycles. The number of aryl methyl sites for hydroxylation is 1. The Morgan fingerprint density at radius 1 is 1.22 bits per heavy atom. The first-order chi connectivity index (χ1) is 11.2. The second-order valence-corrected chi connectivity index (χ2v) is 6.03. The molecule has 118 valence electrons. The fraction of sp³-hybridized carbons (Fsp3) is 0.353. The molecular formula is C17H19N5O. The number of ether oxygens (including phenoxy) is 1. The summed E-state index contributed by atoms with van der Waals surface area (Å²) in [6.45, 7) is 2.60. The zero-order valence-electron chi connectivity index (χ0n) is 13.0. The van der Waals surface area contributed by atoms with Crippen LogP contribution in [0.15, 0.2) is 36.7 Å². The number of benzene rings is 1. The molecule has 0 unspecified atom stereocenters. The van der Waals surface area contributed by atoms with Gasteiger partial charge in [-0.15, -0.1) is 0 Å². The van der Waals surface area contributed by atoms with Crippen molar-refractivity contribution in [2.24, 2.45) is 0 Å². The number of anilines is 1. The van der Waals surface area contributed by atoms with Crippen LogP contribution in [0, 0.1) is 6.92 Å². The molecule has 6 nitrogen and oxygen atoms in total. The smallest absolute Gasteiger partial charge is 0.163 e. The Hall–Kier alpha value is -2.47. The summed E-state index contributed by atoms with van der Waals surface area (Å²) in [6.07, 6.45) is 3.68. The molecule has 3 aromatic rings. The zero-order chi connectivity index (χ0) is 15.8. The molecule has 1 saturated carbocycles. The van der Waals surface area contributed by atoms with E-state index in [0.29, 0.717) is 18.5 Å². The van der Waals surface area contributed by atoms with E-state index in [1.165, 1.54) is 11.9 Å². The van der Waals surface area contributed by atoms with Gasteiger partial charge in [0.05, 0.1) is 29.8 Å². The largest absolute Gasteiger partial charge is 0.383 e. The normalized spacial score (nSPS) is 20.6. The second-order valence-electron chi connectivity index (χ2n) is 6.03. The Balaban J connectivity index is 1.43. The summed E-state index contributed by atoms with van der Waals surface area (Å²) >= 11 is 0. The van der Waals surface area contributed by atoms with Crippen LogP contribution in [0.2, 0.25) is 0 Å². The predicted octanol–water partition coefficient (Wildman–Crippen LogP) is 2.64. The van der Waals surface area contributed by atoms with E-state index >= 15 is 0 Å². The van der Waals surface area contributed by atoms with Crippen molar-refractivity contribution in [3.8, 4) is 0 Å². The molecule has 2 N–H and O–H groups in total. The van der Waals surface area contributed by atoms with Gasteiger partial charge in [-0.3, -0.25) is 0 Å². The minimum atomic E-state index is 0.277. The van der Waals surface area contributed by atoms with Gasteiger partial charge in [-0.25, -0.2) is 14.6 Å². The molecule has 0 saturated heterocycles. The molecule has 0 amide bonds. The van der Waals surface area contributed by atoms with Crippen LogP contribution >= 0.6 is 0 Å². The van der Waals surface area contributed by atoms with Crippen molar-refractivity contribution in [3.63, 3.8) is 0 Å². The number of hydrogen-bond donors (Lipinski definition) is 1. The molecular weight excluding hydrogens is 290 g/mol. The number of nitrogens with two attached hydrogens (primary N) is 1. The maximum atomic E-state index is 5.96. The van der Waals surface area contributed by atoms with Gasteiger partial charge in [0, 0.05) is 0 Å². The lowest BCUT2D eigenvalue weighted by Crippen LogP contribution is -2.34.